The van der Waals surface area contributed by atoms with E-state index in [0.717, 1.165) is 41.2 Å². The van der Waals surface area contributed by atoms with Gasteiger partial charge >= 0.3 is 0 Å². The first kappa shape index (κ1) is 19.5. The molecular formula is C19H21N3O3S3. The third kappa shape index (κ3) is 4.27. The van der Waals surface area contributed by atoms with Crippen LogP contribution in [0.4, 0.5) is 0 Å². The normalized spacial score (nSPS) is 17.9. The van der Waals surface area contributed by atoms with Crippen LogP contribution >= 0.6 is 22.7 Å². The summed E-state index contributed by atoms with van der Waals surface area (Å²) in [4.78, 5) is 19.2. The summed E-state index contributed by atoms with van der Waals surface area (Å²) >= 11 is 2.86. The number of thiazole rings is 1. The molecule has 6 nitrogen and oxygen atoms in total. The van der Waals surface area contributed by atoms with E-state index in [2.05, 4.69) is 10.8 Å². The van der Waals surface area contributed by atoms with Gasteiger partial charge in [0.1, 0.15) is 4.21 Å². The highest BCUT2D eigenvalue weighted by molar-refractivity contribution is 7.91. The molecule has 1 aliphatic rings. The lowest BCUT2D eigenvalue weighted by atomic mass is 9.98. The van der Waals surface area contributed by atoms with Gasteiger partial charge < -0.3 is 4.90 Å². The Morgan fingerprint density at radius 1 is 1.25 bits per heavy atom. The number of fused-ring (bicyclic) bond motifs is 1. The van der Waals surface area contributed by atoms with Crippen LogP contribution in [-0.2, 0) is 14.8 Å². The summed E-state index contributed by atoms with van der Waals surface area (Å²) in [6.07, 6.45) is 2.12. The van der Waals surface area contributed by atoms with Crippen LogP contribution in [0.15, 0.2) is 46.0 Å². The average molecular weight is 436 g/mol. The number of amides is 1. The minimum Gasteiger partial charge on any atom is -0.342 e. The topological polar surface area (TPSA) is 79.4 Å². The fraction of sp³-hybridized carbons (Fsp3) is 0.368. The number of piperidine rings is 1. The number of carbonyl (C=O) groups is 1. The Balaban J connectivity index is 1.34. The van der Waals surface area contributed by atoms with E-state index in [4.69, 9.17) is 4.98 Å². The lowest BCUT2D eigenvalue weighted by Crippen LogP contribution is -2.40. The molecule has 1 aliphatic heterocycles. The summed E-state index contributed by atoms with van der Waals surface area (Å²) in [5.74, 6) is 0.234. The number of aromatic nitrogens is 1. The lowest BCUT2D eigenvalue weighted by Gasteiger charge is -2.32. The molecule has 9 heteroatoms. The van der Waals surface area contributed by atoms with E-state index >= 15 is 0 Å². The van der Waals surface area contributed by atoms with Crippen LogP contribution in [-0.4, -0.2) is 43.8 Å². The van der Waals surface area contributed by atoms with E-state index in [9.17, 15) is 13.2 Å². The molecule has 1 N–H and O–H groups in total. The first-order valence-corrected chi connectivity index (χ1v) is 12.4. The van der Waals surface area contributed by atoms with E-state index < -0.39 is 10.0 Å². The van der Waals surface area contributed by atoms with Gasteiger partial charge in [0, 0.05) is 32.0 Å². The van der Waals surface area contributed by atoms with Gasteiger partial charge in [-0.05, 0) is 36.4 Å². The first-order chi connectivity index (χ1) is 13.5. The Morgan fingerprint density at radius 3 is 2.89 bits per heavy atom. The number of nitrogens with zero attached hydrogens (tertiary/aromatic N) is 2. The highest BCUT2D eigenvalue weighted by Gasteiger charge is 2.27. The fourth-order valence-electron chi connectivity index (χ4n) is 3.41. The Morgan fingerprint density at radius 2 is 2.11 bits per heavy atom. The van der Waals surface area contributed by atoms with Crippen molar-refractivity contribution in [1.82, 2.24) is 14.6 Å². The molecule has 1 saturated heterocycles. The largest absolute Gasteiger partial charge is 0.342 e. The highest BCUT2D eigenvalue weighted by Crippen LogP contribution is 2.33. The van der Waals surface area contributed by atoms with Crippen LogP contribution in [0.2, 0.25) is 0 Å². The average Bonchev–Trinajstić information content (AvgIpc) is 3.38. The number of benzene rings is 1. The van der Waals surface area contributed by atoms with Crippen LogP contribution < -0.4 is 4.72 Å². The Kier molecular flexibility index (Phi) is 5.77. The molecule has 3 aromatic rings. The zero-order valence-corrected chi connectivity index (χ0v) is 17.7. The van der Waals surface area contributed by atoms with Crippen molar-refractivity contribution >= 4 is 48.8 Å². The maximum absolute atomic E-state index is 12.6. The molecule has 3 heterocycles. The number of likely N-dealkylation sites (tertiary alicyclic amines) is 1. The Labute approximate surface area is 172 Å². The smallest absolute Gasteiger partial charge is 0.250 e. The molecule has 0 radical (unpaired) electrons. The lowest BCUT2D eigenvalue weighted by molar-refractivity contribution is -0.132. The van der Waals surface area contributed by atoms with Crippen molar-refractivity contribution in [3.05, 3.63) is 46.8 Å². The van der Waals surface area contributed by atoms with Crippen molar-refractivity contribution in [3.8, 4) is 0 Å². The first-order valence-electron chi connectivity index (χ1n) is 9.19. The summed E-state index contributed by atoms with van der Waals surface area (Å²) < 4.78 is 28.2. The van der Waals surface area contributed by atoms with Gasteiger partial charge in [-0.3, -0.25) is 4.79 Å². The van der Waals surface area contributed by atoms with Crippen molar-refractivity contribution in [2.45, 2.75) is 29.4 Å². The molecular weight excluding hydrogens is 414 g/mol. The zero-order valence-electron chi connectivity index (χ0n) is 15.2. The second kappa shape index (κ2) is 8.28. The zero-order chi connectivity index (χ0) is 19.6. The Bertz CT molecular complexity index is 1030. The van der Waals surface area contributed by atoms with Gasteiger partial charge in [0.05, 0.1) is 15.2 Å². The summed E-state index contributed by atoms with van der Waals surface area (Å²) in [6.45, 7) is 1.48. The van der Waals surface area contributed by atoms with Gasteiger partial charge in [-0.25, -0.2) is 18.1 Å². The molecule has 148 valence electrons. The quantitative estimate of drug-likeness (QED) is 0.643. The van der Waals surface area contributed by atoms with Crippen molar-refractivity contribution in [2.75, 3.05) is 19.6 Å². The molecule has 0 bridgehead atoms. The molecule has 0 aliphatic carbocycles. The molecule has 0 saturated carbocycles. The van der Waals surface area contributed by atoms with Gasteiger partial charge in [0.15, 0.2) is 0 Å². The SMILES string of the molecule is O=C(CCNS(=O)(=O)c1cccs1)N1CCC[C@H](c2nc3ccccc3s2)C1. The summed E-state index contributed by atoms with van der Waals surface area (Å²) in [5, 5.41) is 2.80. The third-order valence-corrected chi connectivity index (χ3v) is 8.88. The van der Waals surface area contributed by atoms with Gasteiger partial charge in [-0.1, -0.05) is 18.2 Å². The van der Waals surface area contributed by atoms with Crippen LogP contribution in [0.5, 0.6) is 0 Å². The van der Waals surface area contributed by atoms with E-state index in [1.54, 1.807) is 28.8 Å². The van der Waals surface area contributed by atoms with Gasteiger partial charge in [-0.2, -0.15) is 0 Å². The third-order valence-electron chi connectivity index (χ3n) is 4.82. The predicted molar refractivity (Wildman–Crippen MR) is 112 cm³/mol. The van der Waals surface area contributed by atoms with E-state index in [0.29, 0.717) is 6.54 Å². The number of hydrogen-bond acceptors (Lipinski definition) is 6. The number of sulfonamides is 1. The van der Waals surface area contributed by atoms with Crippen molar-refractivity contribution in [2.24, 2.45) is 0 Å². The van der Waals surface area contributed by atoms with Crippen molar-refractivity contribution in [3.63, 3.8) is 0 Å². The molecule has 1 fully saturated rings. The minimum absolute atomic E-state index is 0.0142. The van der Waals surface area contributed by atoms with Gasteiger partial charge in [0.2, 0.25) is 15.9 Å². The number of hydrogen-bond donors (Lipinski definition) is 1. The van der Waals surface area contributed by atoms with Crippen LogP contribution in [0.3, 0.4) is 0 Å². The maximum atomic E-state index is 12.6. The fourth-order valence-corrected chi connectivity index (χ4v) is 6.57. The molecule has 0 unspecified atom stereocenters. The summed E-state index contributed by atoms with van der Waals surface area (Å²) in [5.41, 5.74) is 1.01. The number of para-hydroxylation sites is 1. The van der Waals surface area contributed by atoms with Crippen LogP contribution in [0.25, 0.3) is 10.2 Å². The molecule has 1 atom stereocenters. The molecule has 4 rings (SSSR count). The van der Waals surface area contributed by atoms with Crippen LogP contribution in [0, 0.1) is 0 Å². The molecule has 1 amide bonds. The second-order valence-corrected chi connectivity index (χ2v) is 10.8. The summed E-state index contributed by atoms with van der Waals surface area (Å²) in [6, 6.07) is 11.3. The molecule has 2 aromatic heterocycles. The van der Waals surface area contributed by atoms with E-state index in [-0.39, 0.29) is 29.0 Å². The Hall–Kier alpha value is -1.81. The summed E-state index contributed by atoms with van der Waals surface area (Å²) in [7, 11) is -3.52. The standard InChI is InChI=1S/C19H21N3O3S3/c23-17(9-10-20-28(24,25)18-8-4-12-26-18)22-11-3-5-14(13-22)19-21-15-6-1-2-7-16(15)27-19/h1-2,4,6-8,12,14,20H,3,5,9-11,13H2/t14-/m0/s1. The van der Waals surface area contributed by atoms with Crippen molar-refractivity contribution < 1.29 is 13.2 Å². The molecule has 1 aromatic carbocycles. The van der Waals surface area contributed by atoms with Crippen LogP contribution in [0.1, 0.15) is 30.2 Å². The predicted octanol–water partition coefficient (Wildman–Crippen LogP) is 3.43. The number of thiophene rings is 1. The van der Waals surface area contributed by atoms with E-state index in [1.165, 1.54) is 4.70 Å². The number of carbonyl (C=O) groups excluding carboxylic acids is 1. The minimum atomic E-state index is -3.52. The molecule has 0 spiro atoms. The van der Waals surface area contributed by atoms with E-state index in [1.807, 2.05) is 23.1 Å². The second-order valence-electron chi connectivity index (χ2n) is 6.78. The highest BCUT2D eigenvalue weighted by atomic mass is 32.2. The number of nitrogens with one attached hydrogen (secondary N) is 1. The molecule has 28 heavy (non-hydrogen) atoms. The van der Waals surface area contributed by atoms with Crippen molar-refractivity contribution in [1.29, 1.82) is 0 Å². The maximum Gasteiger partial charge on any atom is 0.250 e. The number of rotatable bonds is 6. The monoisotopic (exact) mass is 435 g/mol. The van der Waals surface area contributed by atoms with Gasteiger partial charge in [0.25, 0.3) is 0 Å². The van der Waals surface area contributed by atoms with Gasteiger partial charge in [-0.15, -0.1) is 22.7 Å².